The molecule has 14 nitrogen and oxygen atoms in total. The second kappa shape index (κ2) is 12.1. The van der Waals surface area contributed by atoms with Gasteiger partial charge in [0, 0.05) is 35.0 Å². The molecule has 6 N–H and O–H groups in total. The van der Waals surface area contributed by atoms with Gasteiger partial charge in [-0.25, -0.2) is 9.59 Å². The SMILES string of the molecule is O=C(O)c1ccc2c3ccc(C(=O)NCCCS(=O)(=O)O)c4c(C(=O)NCCCS(=O)(=O)O)ccc(c5ccc(C(=O)O)c1c25)c43. The highest BCUT2D eigenvalue weighted by Gasteiger charge is 2.26. The molecule has 16 heteroatoms. The molecule has 0 radical (unpaired) electrons. The second-order valence-corrected chi connectivity index (χ2v) is 13.7. The maximum absolute atomic E-state index is 13.5. The summed E-state index contributed by atoms with van der Waals surface area (Å²) in [6.07, 6.45) is -0.194. The summed E-state index contributed by atoms with van der Waals surface area (Å²) >= 11 is 0. The van der Waals surface area contributed by atoms with E-state index in [1.54, 1.807) is 12.1 Å². The summed E-state index contributed by atoms with van der Waals surface area (Å²) in [6, 6.07) is 11.6. The number of rotatable bonds is 12. The summed E-state index contributed by atoms with van der Waals surface area (Å²) in [5, 5.41) is 27.8. The van der Waals surface area contributed by atoms with Crippen LogP contribution in [-0.2, 0) is 20.2 Å². The van der Waals surface area contributed by atoms with Crippen LogP contribution < -0.4 is 10.6 Å². The van der Waals surface area contributed by atoms with Gasteiger partial charge in [0.15, 0.2) is 0 Å². The Morgan fingerprint density at radius 2 is 0.804 bits per heavy atom. The van der Waals surface area contributed by atoms with E-state index in [4.69, 9.17) is 9.11 Å². The minimum absolute atomic E-state index is 0.00936. The molecule has 0 aliphatic rings. The number of fused-ring (bicyclic) bond motifs is 2. The highest BCUT2D eigenvalue weighted by atomic mass is 32.2. The number of aromatic carboxylic acids is 2. The number of amides is 2. The van der Waals surface area contributed by atoms with Crippen molar-refractivity contribution in [2.24, 2.45) is 0 Å². The number of carbonyl (C=O) groups excluding carboxylic acids is 2. The molecule has 2 amide bonds. The van der Waals surface area contributed by atoms with Gasteiger partial charge in [-0.05, 0) is 69.4 Å². The quantitative estimate of drug-likeness (QED) is 0.0485. The van der Waals surface area contributed by atoms with Crippen LogP contribution in [0.1, 0.15) is 54.3 Å². The molecule has 5 rings (SSSR count). The average Bonchev–Trinajstić information content (AvgIpc) is 2.97. The molecule has 0 aromatic heterocycles. The molecule has 46 heavy (non-hydrogen) atoms. The Hall–Kier alpha value is -4.90. The van der Waals surface area contributed by atoms with Gasteiger partial charge in [0.25, 0.3) is 32.1 Å². The van der Waals surface area contributed by atoms with Crippen LogP contribution in [0.4, 0.5) is 0 Å². The lowest BCUT2D eigenvalue weighted by Crippen LogP contribution is -2.28. The standard InChI is InChI=1S/C30H26N2O12S2/c33-27(31-11-1-13-45(39,40)41)19-7-3-15-17-5-9-21(29(35)36)26-22(30(37)38)10-6-18(24(17)26)16-4-8-20(25(19)23(15)16)28(34)32-12-2-14-46(42,43)44/h3-10H,1-2,11-14H2,(H,31,33)(H,32,34)(H,35,36)(H,37,38)(H,39,40,41)(H,42,43,44). The topological polar surface area (TPSA) is 242 Å². The third-order valence-corrected chi connectivity index (χ3v) is 9.19. The molecule has 0 aliphatic heterocycles. The molecule has 0 saturated carbocycles. The van der Waals surface area contributed by atoms with E-state index in [0.717, 1.165) is 0 Å². The largest absolute Gasteiger partial charge is 0.478 e. The van der Waals surface area contributed by atoms with E-state index in [0.29, 0.717) is 32.3 Å². The third kappa shape index (κ3) is 6.28. The minimum Gasteiger partial charge on any atom is -0.478 e. The predicted molar refractivity (Wildman–Crippen MR) is 168 cm³/mol. The lowest BCUT2D eigenvalue weighted by atomic mass is 9.84. The first-order valence-corrected chi connectivity index (χ1v) is 16.9. The van der Waals surface area contributed by atoms with Gasteiger partial charge in [0.2, 0.25) is 0 Å². The fraction of sp³-hybridized carbons (Fsp3) is 0.200. The molecule has 0 saturated heterocycles. The first-order valence-electron chi connectivity index (χ1n) is 13.7. The summed E-state index contributed by atoms with van der Waals surface area (Å²) in [4.78, 5) is 51.2. The van der Waals surface area contributed by atoms with E-state index in [9.17, 15) is 46.2 Å². The van der Waals surface area contributed by atoms with Crippen LogP contribution in [0.25, 0.3) is 43.1 Å². The number of carboxylic acid groups (broad SMARTS) is 2. The molecular formula is C30H26N2O12S2. The Morgan fingerprint density at radius 1 is 0.500 bits per heavy atom. The van der Waals surface area contributed by atoms with Crippen LogP contribution in [0.5, 0.6) is 0 Å². The van der Waals surface area contributed by atoms with E-state index >= 15 is 0 Å². The maximum Gasteiger partial charge on any atom is 0.336 e. The van der Waals surface area contributed by atoms with Crippen LogP contribution in [0.3, 0.4) is 0 Å². The summed E-state index contributed by atoms with van der Waals surface area (Å²) < 4.78 is 62.4. The monoisotopic (exact) mass is 670 g/mol. The smallest absolute Gasteiger partial charge is 0.336 e. The average molecular weight is 671 g/mol. The highest BCUT2D eigenvalue weighted by molar-refractivity contribution is 7.86. The molecule has 0 heterocycles. The molecule has 0 atom stereocenters. The van der Waals surface area contributed by atoms with Crippen LogP contribution in [-0.4, -0.2) is 84.5 Å². The van der Waals surface area contributed by atoms with Crippen molar-refractivity contribution in [3.05, 3.63) is 70.8 Å². The Labute approximate surface area is 260 Å². The van der Waals surface area contributed by atoms with Crippen molar-refractivity contribution in [2.45, 2.75) is 12.8 Å². The minimum atomic E-state index is -4.26. The van der Waals surface area contributed by atoms with Crippen LogP contribution in [0, 0.1) is 0 Å². The van der Waals surface area contributed by atoms with Gasteiger partial charge in [-0.2, -0.15) is 16.8 Å². The maximum atomic E-state index is 13.5. The number of carboxylic acids is 2. The van der Waals surface area contributed by atoms with Crippen molar-refractivity contribution in [1.29, 1.82) is 0 Å². The molecule has 0 bridgehead atoms. The fourth-order valence-electron chi connectivity index (χ4n) is 5.73. The van der Waals surface area contributed by atoms with Crippen molar-refractivity contribution in [3.63, 3.8) is 0 Å². The summed E-state index contributed by atoms with van der Waals surface area (Å²) in [5.41, 5.74) is -0.391. The van der Waals surface area contributed by atoms with Crippen molar-refractivity contribution >= 4 is 87.1 Å². The molecule has 0 unspecified atom stereocenters. The van der Waals surface area contributed by atoms with E-state index < -0.39 is 55.5 Å². The number of carbonyl (C=O) groups is 4. The number of benzene rings is 5. The van der Waals surface area contributed by atoms with E-state index in [1.807, 2.05) is 0 Å². The van der Waals surface area contributed by atoms with E-state index in [2.05, 4.69) is 10.6 Å². The van der Waals surface area contributed by atoms with E-state index in [-0.39, 0.29) is 59.0 Å². The van der Waals surface area contributed by atoms with Gasteiger partial charge < -0.3 is 20.8 Å². The van der Waals surface area contributed by atoms with Crippen molar-refractivity contribution in [2.75, 3.05) is 24.6 Å². The Kier molecular flexibility index (Phi) is 8.57. The van der Waals surface area contributed by atoms with Crippen LogP contribution in [0.2, 0.25) is 0 Å². The zero-order valence-corrected chi connectivity index (χ0v) is 25.4. The molecule has 0 fully saturated rings. The number of hydrogen-bond donors (Lipinski definition) is 6. The summed E-state index contributed by atoms with van der Waals surface area (Å²) in [7, 11) is -8.52. The van der Waals surface area contributed by atoms with Gasteiger partial charge >= 0.3 is 11.9 Å². The number of hydrogen-bond acceptors (Lipinski definition) is 8. The van der Waals surface area contributed by atoms with E-state index in [1.165, 1.54) is 36.4 Å². The van der Waals surface area contributed by atoms with Crippen molar-refractivity contribution in [3.8, 4) is 0 Å². The van der Waals surface area contributed by atoms with Crippen LogP contribution >= 0.6 is 0 Å². The zero-order valence-electron chi connectivity index (χ0n) is 23.7. The zero-order chi connectivity index (χ0) is 33.6. The fourth-order valence-corrected chi connectivity index (χ4v) is 6.75. The van der Waals surface area contributed by atoms with Gasteiger partial charge in [-0.1, -0.05) is 24.3 Å². The Morgan fingerprint density at radius 3 is 1.11 bits per heavy atom. The lowest BCUT2D eigenvalue weighted by molar-refractivity contribution is 0.0695. The Balaban J connectivity index is 1.76. The lowest BCUT2D eigenvalue weighted by Gasteiger charge is -2.20. The van der Waals surface area contributed by atoms with Gasteiger partial charge in [-0.3, -0.25) is 18.7 Å². The normalized spacial score (nSPS) is 12.2. The highest BCUT2D eigenvalue weighted by Crippen LogP contribution is 2.44. The number of nitrogens with one attached hydrogen (secondary N) is 2. The second-order valence-electron chi connectivity index (χ2n) is 10.5. The first kappa shape index (κ1) is 32.5. The summed E-state index contributed by atoms with van der Waals surface area (Å²) in [6.45, 7) is -0.256. The van der Waals surface area contributed by atoms with Crippen molar-refractivity contribution in [1.82, 2.24) is 10.6 Å². The van der Waals surface area contributed by atoms with Gasteiger partial charge in [0.05, 0.1) is 22.6 Å². The molecule has 5 aromatic carbocycles. The first-order chi connectivity index (χ1) is 21.6. The Bertz CT molecular complexity index is 2160. The van der Waals surface area contributed by atoms with Gasteiger partial charge in [0.1, 0.15) is 0 Å². The molecule has 0 spiro atoms. The molecule has 240 valence electrons. The molecular weight excluding hydrogens is 644 g/mol. The van der Waals surface area contributed by atoms with Gasteiger partial charge in [-0.15, -0.1) is 0 Å². The molecule has 0 aliphatic carbocycles. The van der Waals surface area contributed by atoms with Crippen LogP contribution in [0.15, 0.2) is 48.5 Å². The predicted octanol–water partition coefficient (Wildman–Crippen LogP) is 3.15. The third-order valence-electron chi connectivity index (χ3n) is 7.58. The molecule has 5 aromatic rings. The summed E-state index contributed by atoms with van der Waals surface area (Å²) in [5.74, 6) is -5.18. The van der Waals surface area contributed by atoms with Crippen molar-refractivity contribution < 1.29 is 55.3 Å².